The molecule has 0 bridgehead atoms. The Labute approximate surface area is 175 Å². The predicted molar refractivity (Wildman–Crippen MR) is 112 cm³/mol. The zero-order valence-corrected chi connectivity index (χ0v) is 17.2. The van der Waals surface area contributed by atoms with Crippen LogP contribution in [0.2, 0.25) is 0 Å². The molecule has 0 amide bonds. The van der Waals surface area contributed by atoms with Gasteiger partial charge in [0.15, 0.2) is 11.6 Å². The average Bonchev–Trinajstić information content (AvgIpc) is 3.16. The van der Waals surface area contributed by atoms with Gasteiger partial charge in [-0.05, 0) is 63.0 Å². The highest BCUT2D eigenvalue weighted by molar-refractivity contribution is 5.98. The summed E-state index contributed by atoms with van der Waals surface area (Å²) in [6.07, 6.45) is 6.83. The van der Waals surface area contributed by atoms with Crippen molar-refractivity contribution in [2.45, 2.75) is 38.5 Å². The van der Waals surface area contributed by atoms with Crippen LogP contribution in [0.1, 0.15) is 45.7 Å². The summed E-state index contributed by atoms with van der Waals surface area (Å²) in [4.78, 5) is 21.8. The summed E-state index contributed by atoms with van der Waals surface area (Å²) >= 11 is 0. The number of nitrogens with one attached hydrogen (secondary N) is 1. The first-order chi connectivity index (χ1) is 14.5. The second-order valence-electron chi connectivity index (χ2n) is 7.84. The van der Waals surface area contributed by atoms with Crippen molar-refractivity contribution in [3.8, 4) is 11.9 Å². The zero-order valence-electron chi connectivity index (χ0n) is 17.2. The Balaban J connectivity index is 1.51. The molecule has 3 aromatic heterocycles. The quantitative estimate of drug-likeness (QED) is 0.662. The maximum absolute atomic E-state index is 12.9. The fourth-order valence-corrected chi connectivity index (χ4v) is 3.87. The third-order valence-corrected chi connectivity index (χ3v) is 5.77. The lowest BCUT2D eigenvalue weighted by molar-refractivity contribution is 0.0992. The van der Waals surface area contributed by atoms with E-state index < -0.39 is 5.41 Å². The number of hydrogen-bond donors (Lipinski definition) is 1. The largest absolute Gasteiger partial charge is 0.317 e. The number of hydrogen-bond acceptors (Lipinski definition) is 6. The molecule has 1 saturated heterocycles. The average molecular weight is 400 g/mol. The van der Waals surface area contributed by atoms with Crippen LogP contribution in [-0.2, 0) is 11.8 Å². The maximum atomic E-state index is 12.9. The summed E-state index contributed by atoms with van der Waals surface area (Å²) in [5.41, 5.74) is 3.49. The molecule has 3 aromatic rings. The zero-order chi connectivity index (χ0) is 21.1. The van der Waals surface area contributed by atoms with Crippen molar-refractivity contribution in [1.29, 1.82) is 5.26 Å². The van der Waals surface area contributed by atoms with Gasteiger partial charge in [-0.3, -0.25) is 9.78 Å². The van der Waals surface area contributed by atoms with E-state index in [1.165, 1.54) is 0 Å². The Kier molecular flexibility index (Phi) is 5.42. The molecule has 0 aliphatic carbocycles. The molecule has 30 heavy (non-hydrogen) atoms. The normalized spacial score (nSPS) is 15.5. The number of aryl methyl sites for hydroxylation is 1. The SMILES string of the molecule is Cc1ccc(-n2ncc(C(=O)Cc3ccc(C4(C#N)CCNCC4)nc3)c2C)nc1. The Bertz CT molecular complexity index is 1090. The standard InChI is InChI=1S/C23H24N6O/c1-16-3-6-22(27-12-16)29-17(2)19(14-28-29)20(30)11-18-4-5-21(26-13-18)23(15-24)7-9-25-10-8-23/h3-6,12-14,25H,7-11H2,1-2H3. The van der Waals surface area contributed by atoms with Crippen LogP contribution in [0.4, 0.5) is 0 Å². The lowest BCUT2D eigenvalue weighted by Gasteiger charge is -2.30. The van der Waals surface area contributed by atoms with Gasteiger partial charge in [-0.2, -0.15) is 10.4 Å². The second-order valence-corrected chi connectivity index (χ2v) is 7.84. The van der Waals surface area contributed by atoms with E-state index in [0.29, 0.717) is 11.4 Å². The molecule has 7 heteroatoms. The van der Waals surface area contributed by atoms with E-state index in [1.54, 1.807) is 23.3 Å². The van der Waals surface area contributed by atoms with Crippen LogP contribution >= 0.6 is 0 Å². The van der Waals surface area contributed by atoms with E-state index in [-0.39, 0.29) is 12.2 Å². The summed E-state index contributed by atoms with van der Waals surface area (Å²) in [6.45, 7) is 5.48. The van der Waals surface area contributed by atoms with Gasteiger partial charge >= 0.3 is 0 Å². The maximum Gasteiger partial charge on any atom is 0.170 e. The molecule has 0 radical (unpaired) electrons. The Hall–Kier alpha value is -3.37. The highest BCUT2D eigenvalue weighted by Gasteiger charge is 2.35. The highest BCUT2D eigenvalue weighted by Crippen LogP contribution is 2.31. The molecule has 1 aliphatic heterocycles. The third kappa shape index (κ3) is 3.74. The van der Waals surface area contributed by atoms with E-state index in [4.69, 9.17) is 0 Å². The Morgan fingerprint density at radius 1 is 1.13 bits per heavy atom. The number of Topliss-reactive ketones (excluding diaryl/α,β-unsaturated/α-hetero) is 1. The molecule has 7 nitrogen and oxygen atoms in total. The summed E-state index contributed by atoms with van der Waals surface area (Å²) in [5.74, 6) is 0.671. The molecule has 0 saturated carbocycles. The minimum Gasteiger partial charge on any atom is -0.317 e. The van der Waals surface area contributed by atoms with Gasteiger partial charge in [0.25, 0.3) is 0 Å². The van der Waals surface area contributed by atoms with Gasteiger partial charge in [0.1, 0.15) is 5.41 Å². The third-order valence-electron chi connectivity index (χ3n) is 5.77. The number of ketones is 1. The Morgan fingerprint density at radius 3 is 2.57 bits per heavy atom. The van der Waals surface area contributed by atoms with Gasteiger partial charge in [-0.25, -0.2) is 9.67 Å². The summed E-state index contributed by atoms with van der Waals surface area (Å²) in [5, 5.41) is 17.3. The number of aromatic nitrogens is 4. The highest BCUT2D eigenvalue weighted by atomic mass is 16.1. The van der Waals surface area contributed by atoms with Crippen LogP contribution in [0.25, 0.3) is 5.82 Å². The van der Waals surface area contributed by atoms with Gasteiger partial charge in [0, 0.05) is 18.8 Å². The number of nitrogens with zero attached hydrogens (tertiary/aromatic N) is 5. The second kappa shape index (κ2) is 8.17. The van der Waals surface area contributed by atoms with Crippen molar-refractivity contribution in [2.75, 3.05) is 13.1 Å². The Morgan fingerprint density at radius 2 is 1.93 bits per heavy atom. The first kappa shape index (κ1) is 19.9. The summed E-state index contributed by atoms with van der Waals surface area (Å²) < 4.78 is 1.68. The molecular weight excluding hydrogens is 376 g/mol. The van der Waals surface area contributed by atoms with Gasteiger partial charge < -0.3 is 5.32 Å². The lowest BCUT2D eigenvalue weighted by Crippen LogP contribution is -2.39. The molecule has 0 aromatic carbocycles. The number of pyridine rings is 2. The minimum absolute atomic E-state index is 0.0164. The summed E-state index contributed by atoms with van der Waals surface area (Å²) in [6, 6.07) is 10.1. The summed E-state index contributed by atoms with van der Waals surface area (Å²) in [7, 11) is 0. The van der Waals surface area contributed by atoms with Crippen molar-refractivity contribution < 1.29 is 4.79 Å². The van der Waals surface area contributed by atoms with E-state index in [9.17, 15) is 10.1 Å². The molecular formula is C23H24N6O. The predicted octanol–water partition coefficient (Wildman–Crippen LogP) is 2.85. The van der Waals surface area contributed by atoms with Crippen molar-refractivity contribution in [3.63, 3.8) is 0 Å². The van der Waals surface area contributed by atoms with Crippen molar-refractivity contribution in [2.24, 2.45) is 0 Å². The van der Waals surface area contributed by atoms with Gasteiger partial charge in [0.2, 0.25) is 0 Å². The minimum atomic E-state index is -0.535. The molecule has 0 atom stereocenters. The monoisotopic (exact) mass is 400 g/mol. The van der Waals surface area contributed by atoms with Crippen LogP contribution in [0.5, 0.6) is 0 Å². The lowest BCUT2D eigenvalue weighted by atomic mass is 9.77. The van der Waals surface area contributed by atoms with Gasteiger partial charge in [0.05, 0.1) is 29.2 Å². The van der Waals surface area contributed by atoms with Crippen LogP contribution < -0.4 is 5.32 Å². The van der Waals surface area contributed by atoms with Gasteiger partial charge in [-0.15, -0.1) is 0 Å². The fraction of sp³-hybridized carbons (Fsp3) is 0.348. The molecule has 152 valence electrons. The van der Waals surface area contributed by atoms with E-state index in [2.05, 4.69) is 26.5 Å². The molecule has 1 N–H and O–H groups in total. The molecule has 1 aliphatic rings. The number of piperidine rings is 1. The van der Waals surface area contributed by atoms with E-state index in [0.717, 1.165) is 48.4 Å². The smallest absolute Gasteiger partial charge is 0.170 e. The fourth-order valence-electron chi connectivity index (χ4n) is 3.87. The van der Waals surface area contributed by atoms with Crippen LogP contribution in [0.15, 0.2) is 42.9 Å². The van der Waals surface area contributed by atoms with Crippen LogP contribution in [0.3, 0.4) is 0 Å². The number of rotatable bonds is 5. The van der Waals surface area contributed by atoms with E-state index >= 15 is 0 Å². The van der Waals surface area contributed by atoms with Gasteiger partial charge in [-0.1, -0.05) is 12.1 Å². The van der Waals surface area contributed by atoms with Crippen molar-refractivity contribution >= 4 is 5.78 Å². The van der Waals surface area contributed by atoms with Crippen molar-refractivity contribution in [1.82, 2.24) is 25.1 Å². The molecule has 0 spiro atoms. The topological polar surface area (TPSA) is 96.5 Å². The molecule has 0 unspecified atom stereocenters. The van der Waals surface area contributed by atoms with E-state index in [1.807, 2.05) is 38.1 Å². The van der Waals surface area contributed by atoms with Crippen LogP contribution in [0, 0.1) is 25.2 Å². The molecule has 4 heterocycles. The van der Waals surface area contributed by atoms with Crippen molar-refractivity contribution in [3.05, 3.63) is 70.9 Å². The first-order valence-electron chi connectivity index (χ1n) is 10.1. The first-order valence-corrected chi connectivity index (χ1v) is 10.1. The number of nitriles is 1. The molecule has 4 rings (SSSR count). The van der Waals surface area contributed by atoms with Crippen LogP contribution in [-0.4, -0.2) is 38.6 Å². The molecule has 1 fully saturated rings. The number of carbonyl (C=O) groups excluding carboxylic acids is 1. The number of carbonyl (C=O) groups is 1.